The van der Waals surface area contributed by atoms with Crippen molar-refractivity contribution in [3.05, 3.63) is 56.4 Å². The molecular formula is C14H11ClN4O2S. The Hall–Kier alpha value is -2.25. The van der Waals surface area contributed by atoms with Gasteiger partial charge < -0.3 is 5.32 Å². The van der Waals surface area contributed by atoms with Gasteiger partial charge in [0.1, 0.15) is 10.7 Å². The molecule has 2 aromatic heterocycles. The van der Waals surface area contributed by atoms with Gasteiger partial charge in [0.05, 0.1) is 16.8 Å². The highest BCUT2D eigenvalue weighted by Gasteiger charge is 2.14. The molecule has 0 radical (unpaired) electrons. The van der Waals surface area contributed by atoms with E-state index in [9.17, 15) is 9.59 Å². The van der Waals surface area contributed by atoms with Crippen LogP contribution in [-0.4, -0.2) is 20.5 Å². The largest absolute Gasteiger partial charge is 0.316 e. The van der Waals surface area contributed by atoms with Gasteiger partial charge in [0, 0.05) is 0 Å². The molecule has 0 unspecified atom stereocenters. The summed E-state index contributed by atoms with van der Waals surface area (Å²) < 4.78 is 1.20. The molecule has 8 heteroatoms. The maximum Gasteiger partial charge on any atom is 0.298 e. The van der Waals surface area contributed by atoms with Gasteiger partial charge in [0.2, 0.25) is 4.96 Å². The van der Waals surface area contributed by atoms with Crippen LogP contribution in [0.25, 0.3) is 4.96 Å². The Morgan fingerprint density at radius 3 is 2.91 bits per heavy atom. The predicted octanol–water partition coefficient (Wildman–Crippen LogP) is 2.62. The summed E-state index contributed by atoms with van der Waals surface area (Å²) in [6.45, 7) is 1.95. The highest BCUT2D eigenvalue weighted by Crippen LogP contribution is 2.17. The molecule has 22 heavy (non-hydrogen) atoms. The van der Waals surface area contributed by atoms with E-state index < -0.39 is 11.5 Å². The van der Waals surface area contributed by atoms with E-state index in [4.69, 9.17) is 11.6 Å². The van der Waals surface area contributed by atoms with Crippen molar-refractivity contribution in [1.29, 1.82) is 0 Å². The Labute approximate surface area is 134 Å². The van der Waals surface area contributed by atoms with Gasteiger partial charge in [-0.1, -0.05) is 42.0 Å². The van der Waals surface area contributed by atoms with Gasteiger partial charge in [-0.25, -0.2) is 4.98 Å². The number of aryl methyl sites for hydroxylation is 1. The van der Waals surface area contributed by atoms with Crippen molar-refractivity contribution in [2.45, 2.75) is 13.3 Å². The minimum absolute atomic E-state index is 0.0652. The van der Waals surface area contributed by atoms with Crippen molar-refractivity contribution in [3.63, 3.8) is 0 Å². The summed E-state index contributed by atoms with van der Waals surface area (Å²) in [6, 6.07) is 6.62. The maximum absolute atomic E-state index is 12.3. The normalized spacial score (nSPS) is 10.8. The number of nitrogens with zero attached hydrogens (tertiary/aromatic N) is 3. The second kappa shape index (κ2) is 5.86. The molecule has 112 valence electrons. The molecule has 1 N–H and O–H groups in total. The van der Waals surface area contributed by atoms with Crippen molar-refractivity contribution >= 4 is 39.5 Å². The van der Waals surface area contributed by atoms with Crippen molar-refractivity contribution in [2.75, 3.05) is 5.32 Å². The van der Waals surface area contributed by atoms with E-state index >= 15 is 0 Å². The molecule has 0 saturated carbocycles. The molecule has 0 atom stereocenters. The van der Waals surface area contributed by atoms with Crippen LogP contribution in [0.15, 0.2) is 35.3 Å². The van der Waals surface area contributed by atoms with Crippen molar-refractivity contribution in [1.82, 2.24) is 14.6 Å². The molecule has 0 aliphatic carbocycles. The summed E-state index contributed by atoms with van der Waals surface area (Å²) in [6.07, 6.45) is 2.05. The van der Waals surface area contributed by atoms with Crippen LogP contribution in [0.5, 0.6) is 0 Å². The Morgan fingerprint density at radius 1 is 1.41 bits per heavy atom. The molecule has 0 bridgehead atoms. The van der Waals surface area contributed by atoms with Gasteiger partial charge in [0.25, 0.3) is 11.5 Å². The molecule has 3 rings (SSSR count). The molecule has 0 aliphatic heterocycles. The predicted molar refractivity (Wildman–Crippen MR) is 85.9 cm³/mol. The smallest absolute Gasteiger partial charge is 0.298 e. The fourth-order valence-electron chi connectivity index (χ4n) is 1.89. The lowest BCUT2D eigenvalue weighted by molar-refractivity contribution is 0.102. The van der Waals surface area contributed by atoms with E-state index in [-0.39, 0.29) is 5.69 Å². The number of anilines is 1. The molecular weight excluding hydrogens is 324 g/mol. The lowest BCUT2D eigenvalue weighted by Gasteiger charge is -2.05. The van der Waals surface area contributed by atoms with Crippen LogP contribution in [0.1, 0.15) is 22.3 Å². The third-order valence-corrected chi connectivity index (χ3v) is 4.39. The summed E-state index contributed by atoms with van der Waals surface area (Å²) in [5.74, 6) is -0.463. The third kappa shape index (κ3) is 2.60. The van der Waals surface area contributed by atoms with Gasteiger partial charge >= 0.3 is 0 Å². The number of fused-ring (bicyclic) bond motifs is 1. The van der Waals surface area contributed by atoms with Gasteiger partial charge in [-0.3, -0.25) is 9.59 Å². The zero-order valence-corrected chi connectivity index (χ0v) is 13.1. The Morgan fingerprint density at radius 2 is 2.18 bits per heavy atom. The van der Waals surface area contributed by atoms with E-state index in [1.807, 2.05) is 6.92 Å². The third-order valence-electron chi connectivity index (χ3n) is 3.00. The number of rotatable bonds is 3. The van der Waals surface area contributed by atoms with Gasteiger partial charge in [0.15, 0.2) is 0 Å². The first-order chi connectivity index (χ1) is 10.6. The highest BCUT2D eigenvalue weighted by atomic mass is 35.5. The standard InChI is InChI=1S/C14H11ClN4O2S/c1-2-11-18-19-13(21)10(7-16-14(19)22-11)17-12(20)8-5-3-4-6-9(8)15/h3-7H,2H2,1H3,(H,17,20). The van der Waals surface area contributed by atoms with Crippen LogP contribution in [0.3, 0.4) is 0 Å². The van der Waals surface area contributed by atoms with Crippen LogP contribution in [0.2, 0.25) is 5.02 Å². The summed E-state index contributed by atoms with van der Waals surface area (Å²) in [7, 11) is 0. The first-order valence-corrected chi connectivity index (χ1v) is 7.73. The topological polar surface area (TPSA) is 76.4 Å². The Balaban J connectivity index is 1.97. The molecule has 0 fully saturated rings. The number of hydrogen-bond acceptors (Lipinski definition) is 5. The SMILES string of the molecule is CCc1nn2c(=O)c(NC(=O)c3ccccc3Cl)cnc2s1. The van der Waals surface area contributed by atoms with Crippen LogP contribution in [0, 0.1) is 0 Å². The van der Waals surface area contributed by atoms with Gasteiger partial charge in [-0.15, -0.1) is 0 Å². The number of carbonyl (C=O) groups is 1. The Bertz CT molecular complexity index is 919. The van der Waals surface area contributed by atoms with Gasteiger partial charge in [-0.05, 0) is 18.6 Å². The fourth-order valence-corrected chi connectivity index (χ4v) is 2.90. The molecule has 0 saturated heterocycles. The molecule has 6 nitrogen and oxygen atoms in total. The molecule has 1 aromatic carbocycles. The number of hydrogen-bond donors (Lipinski definition) is 1. The monoisotopic (exact) mass is 334 g/mol. The number of halogens is 1. The number of carbonyl (C=O) groups excluding carboxylic acids is 1. The number of amides is 1. The number of nitrogens with one attached hydrogen (secondary N) is 1. The summed E-state index contributed by atoms with van der Waals surface area (Å²) in [4.78, 5) is 29.2. The van der Waals surface area contributed by atoms with Crippen molar-refractivity contribution in [3.8, 4) is 0 Å². The molecule has 1 amide bonds. The molecule has 0 spiro atoms. The van der Waals surface area contributed by atoms with Crippen LogP contribution >= 0.6 is 22.9 Å². The lowest BCUT2D eigenvalue weighted by atomic mass is 10.2. The first-order valence-electron chi connectivity index (χ1n) is 6.53. The van der Waals surface area contributed by atoms with Crippen LogP contribution in [-0.2, 0) is 6.42 Å². The second-order valence-corrected chi connectivity index (χ2v) is 5.90. The van der Waals surface area contributed by atoms with E-state index in [1.165, 1.54) is 22.0 Å². The summed E-state index contributed by atoms with van der Waals surface area (Å²) in [5.41, 5.74) is -0.0575. The van der Waals surface area contributed by atoms with Crippen LogP contribution < -0.4 is 10.9 Å². The van der Waals surface area contributed by atoms with E-state index in [1.54, 1.807) is 24.3 Å². The van der Waals surface area contributed by atoms with Crippen molar-refractivity contribution < 1.29 is 4.79 Å². The molecule has 2 heterocycles. The highest BCUT2D eigenvalue weighted by molar-refractivity contribution is 7.16. The van der Waals surface area contributed by atoms with E-state index in [2.05, 4.69) is 15.4 Å². The van der Waals surface area contributed by atoms with Crippen molar-refractivity contribution in [2.24, 2.45) is 0 Å². The fraction of sp³-hybridized carbons (Fsp3) is 0.143. The zero-order chi connectivity index (χ0) is 15.7. The minimum atomic E-state index is -0.463. The average molecular weight is 335 g/mol. The average Bonchev–Trinajstić information content (AvgIpc) is 2.94. The minimum Gasteiger partial charge on any atom is -0.316 e. The summed E-state index contributed by atoms with van der Waals surface area (Å²) >= 11 is 7.32. The molecule has 0 aliphatic rings. The summed E-state index contributed by atoms with van der Waals surface area (Å²) in [5, 5.41) is 7.82. The maximum atomic E-state index is 12.3. The van der Waals surface area contributed by atoms with Crippen LogP contribution in [0.4, 0.5) is 5.69 Å². The zero-order valence-electron chi connectivity index (χ0n) is 11.5. The number of benzene rings is 1. The lowest BCUT2D eigenvalue weighted by Crippen LogP contribution is -2.23. The van der Waals surface area contributed by atoms with Gasteiger partial charge in [-0.2, -0.15) is 9.61 Å². The van der Waals surface area contributed by atoms with E-state index in [0.717, 1.165) is 11.4 Å². The quantitative estimate of drug-likeness (QED) is 0.798. The Kier molecular flexibility index (Phi) is 3.91. The molecule has 3 aromatic rings. The second-order valence-electron chi connectivity index (χ2n) is 4.45. The number of aromatic nitrogens is 3. The first kappa shape index (κ1) is 14.7. The van der Waals surface area contributed by atoms with E-state index in [0.29, 0.717) is 15.5 Å².